The molecule has 0 saturated carbocycles. The summed E-state index contributed by atoms with van der Waals surface area (Å²) < 4.78 is 10.5. The monoisotopic (exact) mass is 262 g/mol. The predicted molar refractivity (Wildman–Crippen MR) is 71.4 cm³/mol. The van der Waals surface area contributed by atoms with E-state index >= 15 is 0 Å². The van der Waals surface area contributed by atoms with Crippen molar-refractivity contribution >= 4 is 5.97 Å². The second-order valence-corrected chi connectivity index (χ2v) is 4.71. The van der Waals surface area contributed by atoms with E-state index in [0.29, 0.717) is 18.6 Å². The van der Waals surface area contributed by atoms with E-state index in [4.69, 9.17) is 14.6 Å². The first-order valence-corrected chi connectivity index (χ1v) is 6.21. The van der Waals surface area contributed by atoms with Crippen LogP contribution in [-0.4, -0.2) is 24.8 Å². The lowest BCUT2D eigenvalue weighted by molar-refractivity contribution is 0.0535. The summed E-state index contributed by atoms with van der Waals surface area (Å²) in [4.78, 5) is 11.6. The van der Waals surface area contributed by atoms with Crippen molar-refractivity contribution < 1.29 is 19.4 Å². The summed E-state index contributed by atoms with van der Waals surface area (Å²) in [7, 11) is 1.62. The summed E-state index contributed by atoms with van der Waals surface area (Å²) in [5.74, 6) is 0.518. The first kappa shape index (κ1) is 13.6. The molecule has 1 heterocycles. The minimum absolute atomic E-state index is 0.0360. The molecule has 0 atom stereocenters. The van der Waals surface area contributed by atoms with Crippen LogP contribution in [0.1, 0.15) is 34.0 Å². The normalized spacial score (nSPS) is 14.3. The first-order valence-electron chi connectivity index (χ1n) is 6.21. The van der Waals surface area contributed by atoms with Crippen molar-refractivity contribution in [3.8, 4) is 5.75 Å². The van der Waals surface area contributed by atoms with Crippen molar-refractivity contribution in [3.05, 3.63) is 40.0 Å². The van der Waals surface area contributed by atoms with Gasteiger partial charge in [-0.2, -0.15) is 0 Å². The zero-order chi connectivity index (χ0) is 14.0. The Balaban J connectivity index is 2.46. The van der Waals surface area contributed by atoms with Crippen LogP contribution in [0.3, 0.4) is 0 Å². The van der Waals surface area contributed by atoms with Gasteiger partial charge in [0.25, 0.3) is 0 Å². The third-order valence-electron chi connectivity index (χ3n) is 3.42. The topological polar surface area (TPSA) is 55.8 Å². The van der Waals surface area contributed by atoms with Crippen LogP contribution in [0, 0.1) is 6.92 Å². The van der Waals surface area contributed by atoms with Gasteiger partial charge in [0.2, 0.25) is 0 Å². The number of hydrogen-bond acceptors (Lipinski definition) is 4. The highest BCUT2D eigenvalue weighted by atomic mass is 16.5. The van der Waals surface area contributed by atoms with Crippen molar-refractivity contribution in [1.29, 1.82) is 0 Å². The van der Waals surface area contributed by atoms with E-state index in [9.17, 15) is 4.79 Å². The zero-order valence-corrected chi connectivity index (χ0v) is 11.4. The van der Waals surface area contributed by atoms with Gasteiger partial charge < -0.3 is 14.6 Å². The van der Waals surface area contributed by atoms with E-state index < -0.39 is 0 Å². The van der Waals surface area contributed by atoms with Gasteiger partial charge in [0.15, 0.2) is 0 Å². The number of aliphatic hydroxyl groups is 1. The SMILES string of the molecule is COc1c(C/C=C(\C)CO)cc2c(c1C)COC2=O. The molecule has 0 unspecified atom stereocenters. The molecule has 0 bridgehead atoms. The molecule has 19 heavy (non-hydrogen) atoms. The highest BCUT2D eigenvalue weighted by Gasteiger charge is 2.26. The van der Waals surface area contributed by atoms with Crippen LogP contribution in [-0.2, 0) is 17.8 Å². The molecule has 0 aromatic heterocycles. The number of ether oxygens (including phenoxy) is 2. The van der Waals surface area contributed by atoms with Gasteiger partial charge in [-0.3, -0.25) is 0 Å². The van der Waals surface area contributed by atoms with E-state index in [1.807, 2.05) is 26.0 Å². The molecule has 1 aliphatic rings. The van der Waals surface area contributed by atoms with Crippen LogP contribution in [0.2, 0.25) is 0 Å². The van der Waals surface area contributed by atoms with Crippen LogP contribution >= 0.6 is 0 Å². The lowest BCUT2D eigenvalue weighted by Gasteiger charge is -2.13. The molecule has 1 aromatic carbocycles. The van der Waals surface area contributed by atoms with Gasteiger partial charge in [-0.15, -0.1) is 0 Å². The van der Waals surface area contributed by atoms with Gasteiger partial charge in [0.1, 0.15) is 12.4 Å². The Morgan fingerprint density at radius 3 is 2.95 bits per heavy atom. The smallest absolute Gasteiger partial charge is 0.338 e. The second kappa shape index (κ2) is 5.45. The summed E-state index contributed by atoms with van der Waals surface area (Å²) in [5.41, 5.74) is 4.32. The van der Waals surface area contributed by atoms with Crippen LogP contribution in [0.25, 0.3) is 0 Å². The summed E-state index contributed by atoms with van der Waals surface area (Å²) in [5, 5.41) is 9.02. The van der Waals surface area contributed by atoms with Gasteiger partial charge in [-0.05, 0) is 37.5 Å². The Hall–Kier alpha value is -1.81. The van der Waals surface area contributed by atoms with E-state index in [1.54, 1.807) is 7.11 Å². The van der Waals surface area contributed by atoms with Crippen molar-refractivity contribution in [2.45, 2.75) is 26.9 Å². The zero-order valence-electron chi connectivity index (χ0n) is 11.4. The molecule has 1 aromatic rings. The Bertz CT molecular complexity index is 544. The maximum absolute atomic E-state index is 11.6. The van der Waals surface area contributed by atoms with E-state index in [2.05, 4.69) is 0 Å². The van der Waals surface area contributed by atoms with Gasteiger partial charge in [0.05, 0.1) is 19.3 Å². The molecule has 4 heteroatoms. The fraction of sp³-hybridized carbons (Fsp3) is 0.400. The van der Waals surface area contributed by atoms with Gasteiger partial charge in [-0.1, -0.05) is 11.6 Å². The molecular formula is C15H18O4. The lowest BCUT2D eigenvalue weighted by Crippen LogP contribution is -2.01. The molecule has 0 saturated heterocycles. The Morgan fingerprint density at radius 2 is 2.32 bits per heavy atom. The highest BCUT2D eigenvalue weighted by molar-refractivity contribution is 5.94. The molecule has 1 aliphatic heterocycles. The molecule has 0 radical (unpaired) electrons. The largest absolute Gasteiger partial charge is 0.496 e. The van der Waals surface area contributed by atoms with Crippen molar-refractivity contribution in [2.75, 3.05) is 13.7 Å². The molecule has 2 rings (SSSR count). The second-order valence-electron chi connectivity index (χ2n) is 4.71. The molecular weight excluding hydrogens is 244 g/mol. The summed E-state index contributed by atoms with van der Waals surface area (Å²) in [6, 6.07) is 1.83. The minimum atomic E-state index is -0.273. The number of esters is 1. The van der Waals surface area contributed by atoms with Gasteiger partial charge >= 0.3 is 5.97 Å². The number of carbonyl (C=O) groups is 1. The average Bonchev–Trinajstić information content (AvgIpc) is 2.78. The predicted octanol–water partition coefficient (Wildman–Crippen LogP) is 2.16. The van der Waals surface area contributed by atoms with Gasteiger partial charge in [0, 0.05) is 5.56 Å². The third kappa shape index (κ3) is 2.49. The first-order chi connectivity index (χ1) is 9.08. The number of aliphatic hydroxyl groups excluding tert-OH is 1. The van der Waals surface area contributed by atoms with Crippen molar-refractivity contribution in [3.63, 3.8) is 0 Å². The van der Waals surface area contributed by atoms with Gasteiger partial charge in [-0.25, -0.2) is 4.79 Å². The maximum Gasteiger partial charge on any atom is 0.338 e. The van der Waals surface area contributed by atoms with E-state index in [0.717, 1.165) is 28.0 Å². The van der Waals surface area contributed by atoms with Crippen molar-refractivity contribution in [2.24, 2.45) is 0 Å². The number of benzene rings is 1. The number of methoxy groups -OCH3 is 1. The van der Waals surface area contributed by atoms with Crippen LogP contribution in [0.5, 0.6) is 5.75 Å². The quantitative estimate of drug-likeness (QED) is 0.667. The number of fused-ring (bicyclic) bond motifs is 1. The Labute approximate surface area is 112 Å². The lowest BCUT2D eigenvalue weighted by atomic mass is 9.96. The number of cyclic esters (lactones) is 1. The summed E-state index contributed by atoms with van der Waals surface area (Å²) >= 11 is 0. The minimum Gasteiger partial charge on any atom is -0.496 e. The standard InChI is InChI=1S/C15H18O4/c1-9(7-16)4-5-11-6-12-13(8-19-15(12)17)10(2)14(11)18-3/h4,6,16H,5,7-8H2,1-3H3/b9-4+. The van der Waals surface area contributed by atoms with E-state index in [1.165, 1.54) is 0 Å². The van der Waals surface area contributed by atoms with Crippen LogP contribution in [0.15, 0.2) is 17.7 Å². The Kier molecular flexibility index (Phi) is 3.90. The molecule has 102 valence electrons. The number of rotatable bonds is 4. The molecule has 1 N–H and O–H groups in total. The molecule has 4 nitrogen and oxygen atoms in total. The highest BCUT2D eigenvalue weighted by Crippen LogP contribution is 2.34. The molecule has 0 amide bonds. The average molecular weight is 262 g/mol. The van der Waals surface area contributed by atoms with E-state index in [-0.39, 0.29) is 12.6 Å². The number of hydrogen-bond donors (Lipinski definition) is 1. The van der Waals surface area contributed by atoms with Crippen LogP contribution < -0.4 is 4.74 Å². The maximum atomic E-state index is 11.6. The van der Waals surface area contributed by atoms with Crippen molar-refractivity contribution in [1.82, 2.24) is 0 Å². The fourth-order valence-electron chi connectivity index (χ4n) is 2.27. The number of carbonyl (C=O) groups excluding carboxylic acids is 1. The third-order valence-corrected chi connectivity index (χ3v) is 3.42. The van der Waals surface area contributed by atoms with Crippen LogP contribution in [0.4, 0.5) is 0 Å². The summed E-state index contributed by atoms with van der Waals surface area (Å²) in [6.45, 7) is 4.16. The Morgan fingerprint density at radius 1 is 1.58 bits per heavy atom. The number of allylic oxidation sites excluding steroid dienone is 1. The summed E-state index contributed by atoms with van der Waals surface area (Å²) in [6.07, 6.45) is 2.56. The fourth-order valence-corrected chi connectivity index (χ4v) is 2.27. The molecule has 0 fully saturated rings. The molecule has 0 spiro atoms. The molecule has 0 aliphatic carbocycles.